The summed E-state index contributed by atoms with van der Waals surface area (Å²) in [5.74, 6) is 0.935. The smallest absolute Gasteiger partial charge is 0.120 e. The fourth-order valence-corrected chi connectivity index (χ4v) is 2.77. The molecule has 1 unspecified atom stereocenters. The zero-order chi connectivity index (χ0) is 15.0. The van der Waals surface area contributed by atoms with Gasteiger partial charge in [-0.1, -0.05) is 42.5 Å². The summed E-state index contributed by atoms with van der Waals surface area (Å²) in [5.41, 5.74) is 2.47. The molecule has 0 spiro atoms. The summed E-state index contributed by atoms with van der Waals surface area (Å²) in [6.45, 7) is 3.74. The first-order chi connectivity index (χ1) is 10.9. The summed E-state index contributed by atoms with van der Waals surface area (Å²) in [5, 5.41) is 7.05. The minimum absolute atomic E-state index is 0.586. The van der Waals surface area contributed by atoms with E-state index in [9.17, 15) is 0 Å². The first kappa shape index (κ1) is 15.1. The molecule has 3 rings (SSSR count). The first-order valence-electron chi connectivity index (χ1n) is 8.10. The van der Waals surface area contributed by atoms with Crippen LogP contribution in [0.25, 0.3) is 0 Å². The van der Waals surface area contributed by atoms with Crippen LogP contribution in [0.1, 0.15) is 24.0 Å². The lowest BCUT2D eigenvalue weighted by atomic mass is 10.1. The van der Waals surface area contributed by atoms with Crippen LogP contribution in [0.2, 0.25) is 0 Å². The van der Waals surface area contributed by atoms with Crippen molar-refractivity contribution in [1.82, 2.24) is 10.6 Å². The van der Waals surface area contributed by atoms with E-state index in [4.69, 9.17) is 4.74 Å². The quantitative estimate of drug-likeness (QED) is 0.859. The third-order valence-electron chi connectivity index (χ3n) is 4.04. The van der Waals surface area contributed by atoms with Gasteiger partial charge in [0.15, 0.2) is 0 Å². The fraction of sp³-hybridized carbons (Fsp3) is 0.368. The van der Waals surface area contributed by atoms with Crippen LogP contribution in [0.3, 0.4) is 0 Å². The molecule has 0 radical (unpaired) electrons. The van der Waals surface area contributed by atoms with Crippen LogP contribution < -0.4 is 15.4 Å². The largest absolute Gasteiger partial charge is 0.489 e. The molecule has 3 nitrogen and oxygen atoms in total. The topological polar surface area (TPSA) is 33.3 Å². The Hall–Kier alpha value is -1.84. The second-order valence-corrected chi connectivity index (χ2v) is 5.85. The summed E-state index contributed by atoms with van der Waals surface area (Å²) in [7, 11) is 0. The molecule has 0 aliphatic carbocycles. The minimum Gasteiger partial charge on any atom is -0.489 e. The molecule has 1 aliphatic rings. The van der Waals surface area contributed by atoms with Crippen molar-refractivity contribution in [1.29, 1.82) is 0 Å². The molecule has 2 aromatic rings. The Morgan fingerprint density at radius 3 is 2.73 bits per heavy atom. The maximum absolute atomic E-state index is 5.88. The Bertz CT molecular complexity index is 565. The van der Waals surface area contributed by atoms with Gasteiger partial charge < -0.3 is 15.4 Å². The van der Waals surface area contributed by atoms with Crippen LogP contribution in [0, 0.1) is 0 Å². The number of nitrogens with one attached hydrogen (secondary N) is 2. The van der Waals surface area contributed by atoms with Crippen molar-refractivity contribution in [3.05, 3.63) is 65.7 Å². The van der Waals surface area contributed by atoms with Gasteiger partial charge in [-0.15, -0.1) is 0 Å². The molecule has 3 heteroatoms. The molecule has 0 aromatic heterocycles. The highest BCUT2D eigenvalue weighted by atomic mass is 16.5. The highest BCUT2D eigenvalue weighted by Crippen LogP contribution is 2.15. The molecule has 1 atom stereocenters. The van der Waals surface area contributed by atoms with E-state index in [1.165, 1.54) is 24.0 Å². The Morgan fingerprint density at radius 2 is 1.91 bits per heavy atom. The molecular weight excluding hydrogens is 272 g/mol. The lowest BCUT2D eigenvalue weighted by molar-refractivity contribution is 0.305. The summed E-state index contributed by atoms with van der Waals surface area (Å²) in [6, 6.07) is 19.2. The molecule has 22 heavy (non-hydrogen) atoms. The maximum atomic E-state index is 5.88. The van der Waals surface area contributed by atoms with Gasteiger partial charge in [-0.05, 0) is 42.6 Å². The molecule has 1 saturated heterocycles. The lowest BCUT2D eigenvalue weighted by Crippen LogP contribution is -2.42. The van der Waals surface area contributed by atoms with Crippen molar-refractivity contribution in [2.75, 3.05) is 13.1 Å². The molecule has 1 heterocycles. The van der Waals surface area contributed by atoms with Crippen LogP contribution >= 0.6 is 0 Å². The van der Waals surface area contributed by atoms with Crippen molar-refractivity contribution in [3.63, 3.8) is 0 Å². The second kappa shape index (κ2) is 7.97. The van der Waals surface area contributed by atoms with Crippen LogP contribution in [-0.4, -0.2) is 19.1 Å². The number of rotatable bonds is 6. The van der Waals surface area contributed by atoms with E-state index in [1.54, 1.807) is 0 Å². The van der Waals surface area contributed by atoms with E-state index in [0.717, 1.165) is 25.4 Å². The molecule has 0 amide bonds. The van der Waals surface area contributed by atoms with Gasteiger partial charge in [0.1, 0.15) is 12.4 Å². The van der Waals surface area contributed by atoms with E-state index < -0.39 is 0 Å². The molecule has 116 valence electrons. The number of piperidine rings is 1. The van der Waals surface area contributed by atoms with Crippen LogP contribution in [0.15, 0.2) is 54.6 Å². The van der Waals surface area contributed by atoms with Crippen molar-refractivity contribution in [2.24, 2.45) is 0 Å². The highest BCUT2D eigenvalue weighted by Gasteiger charge is 2.11. The van der Waals surface area contributed by atoms with Gasteiger partial charge in [0.25, 0.3) is 0 Å². The SMILES string of the molecule is c1ccc(COc2cccc(CNC3CCCNC3)c2)cc1. The zero-order valence-electron chi connectivity index (χ0n) is 12.9. The third-order valence-corrected chi connectivity index (χ3v) is 4.04. The van der Waals surface area contributed by atoms with E-state index in [-0.39, 0.29) is 0 Å². The standard InChI is InChI=1S/C19H24N2O/c1-2-6-16(7-3-1)15-22-19-10-4-8-17(12-19)13-21-18-9-5-11-20-14-18/h1-4,6-8,10,12,18,20-21H,5,9,11,13-15H2. The van der Waals surface area contributed by atoms with Gasteiger partial charge in [0, 0.05) is 19.1 Å². The zero-order valence-corrected chi connectivity index (χ0v) is 12.9. The Kier molecular flexibility index (Phi) is 5.46. The van der Waals surface area contributed by atoms with Gasteiger partial charge in [0.05, 0.1) is 0 Å². The Balaban J connectivity index is 1.51. The van der Waals surface area contributed by atoms with Crippen LogP contribution in [0.5, 0.6) is 5.75 Å². The van der Waals surface area contributed by atoms with E-state index >= 15 is 0 Å². The summed E-state index contributed by atoms with van der Waals surface area (Å²) in [6.07, 6.45) is 2.52. The predicted molar refractivity (Wildman–Crippen MR) is 89.9 cm³/mol. The number of ether oxygens (including phenoxy) is 1. The van der Waals surface area contributed by atoms with Gasteiger partial charge in [0.2, 0.25) is 0 Å². The van der Waals surface area contributed by atoms with Crippen molar-refractivity contribution in [3.8, 4) is 5.75 Å². The average Bonchev–Trinajstić information content (AvgIpc) is 2.60. The molecular formula is C19H24N2O. The van der Waals surface area contributed by atoms with Crippen molar-refractivity contribution >= 4 is 0 Å². The Labute approximate surface area is 132 Å². The van der Waals surface area contributed by atoms with Crippen LogP contribution in [0.4, 0.5) is 0 Å². The van der Waals surface area contributed by atoms with E-state index in [1.807, 2.05) is 24.3 Å². The molecule has 2 aromatic carbocycles. The van der Waals surface area contributed by atoms with Crippen molar-refractivity contribution in [2.45, 2.75) is 32.0 Å². The van der Waals surface area contributed by atoms with Gasteiger partial charge in [-0.3, -0.25) is 0 Å². The average molecular weight is 296 g/mol. The monoisotopic (exact) mass is 296 g/mol. The van der Waals surface area contributed by atoms with Gasteiger partial charge in [-0.25, -0.2) is 0 Å². The summed E-state index contributed by atoms with van der Waals surface area (Å²) in [4.78, 5) is 0. The molecule has 0 saturated carbocycles. The fourth-order valence-electron chi connectivity index (χ4n) is 2.77. The van der Waals surface area contributed by atoms with Gasteiger partial charge >= 0.3 is 0 Å². The predicted octanol–water partition coefficient (Wildman–Crippen LogP) is 3.11. The normalized spacial score (nSPS) is 18.1. The molecule has 0 bridgehead atoms. The molecule has 1 aliphatic heterocycles. The molecule has 1 fully saturated rings. The van der Waals surface area contributed by atoms with E-state index in [0.29, 0.717) is 12.6 Å². The second-order valence-electron chi connectivity index (χ2n) is 5.85. The van der Waals surface area contributed by atoms with Crippen LogP contribution in [-0.2, 0) is 13.2 Å². The third kappa shape index (κ3) is 4.58. The van der Waals surface area contributed by atoms with E-state index in [2.05, 4.69) is 41.0 Å². The first-order valence-corrected chi connectivity index (χ1v) is 8.10. The number of hydrogen-bond donors (Lipinski definition) is 2. The van der Waals surface area contributed by atoms with Gasteiger partial charge in [-0.2, -0.15) is 0 Å². The summed E-state index contributed by atoms with van der Waals surface area (Å²) < 4.78 is 5.88. The maximum Gasteiger partial charge on any atom is 0.120 e. The number of benzene rings is 2. The molecule has 2 N–H and O–H groups in total. The lowest BCUT2D eigenvalue weighted by Gasteiger charge is -2.24. The minimum atomic E-state index is 0.586. The van der Waals surface area contributed by atoms with Crippen molar-refractivity contribution < 1.29 is 4.74 Å². The highest BCUT2D eigenvalue weighted by molar-refractivity contribution is 5.29. The Morgan fingerprint density at radius 1 is 1.05 bits per heavy atom. The summed E-state index contributed by atoms with van der Waals surface area (Å²) >= 11 is 0. The number of hydrogen-bond acceptors (Lipinski definition) is 3.